The Morgan fingerprint density at radius 3 is 2.67 bits per heavy atom. The molecule has 0 aliphatic carbocycles. The highest BCUT2D eigenvalue weighted by Crippen LogP contribution is 2.24. The van der Waals surface area contributed by atoms with Crippen LogP contribution in [0.4, 0.5) is 4.39 Å². The molecule has 8 heteroatoms. The zero-order valence-corrected chi connectivity index (χ0v) is 16.1. The van der Waals surface area contributed by atoms with Crippen molar-refractivity contribution in [3.05, 3.63) is 75.2 Å². The van der Waals surface area contributed by atoms with E-state index in [-0.39, 0.29) is 24.5 Å². The largest absolute Gasteiger partial charge is 0.342 e. The molecule has 1 atom stereocenters. The lowest BCUT2D eigenvalue weighted by molar-refractivity contribution is -0.121. The van der Waals surface area contributed by atoms with E-state index in [1.54, 1.807) is 54.3 Å². The number of hydrogen-bond donors (Lipinski definition) is 1. The van der Waals surface area contributed by atoms with E-state index in [2.05, 4.69) is 10.3 Å². The van der Waals surface area contributed by atoms with E-state index >= 15 is 0 Å². The number of ketones is 1. The fraction of sp³-hybridized carbons (Fsp3) is 0.211. The van der Waals surface area contributed by atoms with Crippen molar-refractivity contribution >= 4 is 34.6 Å². The summed E-state index contributed by atoms with van der Waals surface area (Å²) >= 11 is 7.01. The number of carbonyl (C=O) groups excluding carboxylic acids is 2. The highest BCUT2D eigenvalue weighted by molar-refractivity contribution is 7.18. The molecule has 0 saturated heterocycles. The Labute approximate surface area is 164 Å². The molecule has 140 valence electrons. The standard InChI is InChI=1S/C19H17ClFN3O2S/c1-24-11-10-22-19(24)18(12-4-2-3-5-13(12)21)23-17(26)9-6-14(25)15-7-8-16(20)27-15/h2-5,7-8,10-11,18H,6,9H2,1H3,(H,23,26)/t18-/m1/s1. The van der Waals surface area contributed by atoms with Gasteiger partial charge in [-0.25, -0.2) is 9.37 Å². The first kappa shape index (κ1) is 19.3. The maximum absolute atomic E-state index is 14.3. The number of hydrogen-bond acceptors (Lipinski definition) is 4. The minimum atomic E-state index is -0.745. The maximum Gasteiger partial charge on any atom is 0.221 e. The molecule has 1 N–H and O–H groups in total. The van der Waals surface area contributed by atoms with Crippen LogP contribution in [0.3, 0.4) is 0 Å². The molecule has 3 rings (SSSR count). The summed E-state index contributed by atoms with van der Waals surface area (Å²) in [5.74, 6) is -0.441. The Balaban J connectivity index is 1.72. The topological polar surface area (TPSA) is 64.0 Å². The molecule has 0 aliphatic rings. The van der Waals surface area contributed by atoms with Crippen molar-refractivity contribution in [2.45, 2.75) is 18.9 Å². The number of nitrogens with zero attached hydrogens (tertiary/aromatic N) is 2. The second kappa shape index (κ2) is 8.45. The zero-order chi connectivity index (χ0) is 19.4. The summed E-state index contributed by atoms with van der Waals surface area (Å²) in [6.45, 7) is 0. The van der Waals surface area contributed by atoms with Gasteiger partial charge in [-0.3, -0.25) is 9.59 Å². The van der Waals surface area contributed by atoms with Gasteiger partial charge in [-0.15, -0.1) is 11.3 Å². The summed E-state index contributed by atoms with van der Waals surface area (Å²) in [7, 11) is 1.77. The van der Waals surface area contributed by atoms with Crippen LogP contribution >= 0.6 is 22.9 Å². The molecule has 0 aliphatic heterocycles. The Morgan fingerprint density at radius 1 is 1.26 bits per heavy atom. The van der Waals surface area contributed by atoms with Crippen molar-refractivity contribution in [1.82, 2.24) is 14.9 Å². The predicted molar refractivity (Wildman–Crippen MR) is 102 cm³/mol. The van der Waals surface area contributed by atoms with Gasteiger partial charge < -0.3 is 9.88 Å². The van der Waals surface area contributed by atoms with E-state index in [0.29, 0.717) is 20.6 Å². The Morgan fingerprint density at radius 2 is 2.04 bits per heavy atom. The number of nitrogens with one attached hydrogen (secondary N) is 1. The van der Waals surface area contributed by atoms with Crippen molar-refractivity contribution in [2.24, 2.45) is 7.05 Å². The van der Waals surface area contributed by atoms with Gasteiger partial charge in [0, 0.05) is 37.8 Å². The number of Topliss-reactive ketones (excluding diaryl/α,β-unsaturated/α-hetero) is 1. The SMILES string of the molecule is Cn1ccnc1[C@H](NC(=O)CCC(=O)c1ccc(Cl)s1)c1ccccc1F. The highest BCUT2D eigenvalue weighted by atomic mass is 35.5. The van der Waals surface area contributed by atoms with Gasteiger partial charge in [0.2, 0.25) is 5.91 Å². The van der Waals surface area contributed by atoms with Gasteiger partial charge in [-0.2, -0.15) is 0 Å². The average molecular weight is 406 g/mol. The van der Waals surface area contributed by atoms with Gasteiger partial charge >= 0.3 is 0 Å². The van der Waals surface area contributed by atoms with Crippen molar-refractivity contribution in [1.29, 1.82) is 0 Å². The van der Waals surface area contributed by atoms with E-state index in [4.69, 9.17) is 11.6 Å². The number of rotatable bonds is 7. The molecule has 0 bridgehead atoms. The van der Waals surface area contributed by atoms with E-state index in [9.17, 15) is 14.0 Å². The van der Waals surface area contributed by atoms with E-state index in [0.717, 1.165) is 0 Å². The van der Waals surface area contributed by atoms with Gasteiger partial charge in [0.05, 0.1) is 9.21 Å². The van der Waals surface area contributed by atoms with Crippen molar-refractivity contribution in [3.63, 3.8) is 0 Å². The molecule has 1 amide bonds. The van der Waals surface area contributed by atoms with Gasteiger partial charge in [0.15, 0.2) is 5.78 Å². The number of carbonyl (C=O) groups is 2. The van der Waals surface area contributed by atoms with Crippen molar-refractivity contribution < 1.29 is 14.0 Å². The number of halogens is 2. The van der Waals surface area contributed by atoms with Crippen LogP contribution in [-0.4, -0.2) is 21.2 Å². The maximum atomic E-state index is 14.3. The lowest BCUT2D eigenvalue weighted by atomic mass is 10.0. The monoisotopic (exact) mass is 405 g/mol. The molecule has 0 radical (unpaired) electrons. The number of thiophene rings is 1. The molecule has 0 fully saturated rings. The molecule has 3 aromatic rings. The summed E-state index contributed by atoms with van der Waals surface area (Å²) in [5.41, 5.74) is 0.316. The molecule has 2 aromatic heterocycles. The van der Waals surface area contributed by atoms with E-state index in [1.807, 2.05) is 0 Å². The lowest BCUT2D eigenvalue weighted by Gasteiger charge is -2.19. The molecular formula is C19H17ClFN3O2S. The molecule has 2 heterocycles. The summed E-state index contributed by atoms with van der Waals surface area (Å²) in [4.78, 5) is 29.3. The molecular weight excluding hydrogens is 389 g/mol. The molecule has 5 nitrogen and oxygen atoms in total. The molecule has 0 spiro atoms. The third kappa shape index (κ3) is 4.61. The fourth-order valence-corrected chi connectivity index (χ4v) is 3.70. The second-order valence-corrected chi connectivity index (χ2v) is 7.66. The Kier molecular flexibility index (Phi) is 6.03. The molecule has 1 aromatic carbocycles. The van der Waals surface area contributed by atoms with Crippen molar-refractivity contribution in [3.8, 4) is 0 Å². The first-order chi connectivity index (χ1) is 13.0. The van der Waals surface area contributed by atoms with Gasteiger partial charge in [0.25, 0.3) is 0 Å². The van der Waals surface area contributed by atoms with Crippen LogP contribution in [-0.2, 0) is 11.8 Å². The van der Waals surface area contributed by atoms with E-state index < -0.39 is 11.9 Å². The van der Waals surface area contributed by atoms with Gasteiger partial charge in [-0.05, 0) is 18.2 Å². The third-order valence-corrected chi connectivity index (χ3v) is 5.34. The molecule has 0 saturated carbocycles. The minimum Gasteiger partial charge on any atom is -0.342 e. The average Bonchev–Trinajstić information content (AvgIpc) is 3.27. The number of amides is 1. The zero-order valence-electron chi connectivity index (χ0n) is 14.5. The summed E-state index contributed by atoms with van der Waals surface area (Å²) in [6, 6.07) is 8.77. The van der Waals surface area contributed by atoms with Crippen LogP contribution in [0.15, 0.2) is 48.8 Å². The first-order valence-corrected chi connectivity index (χ1v) is 9.44. The van der Waals surface area contributed by atoms with Crippen LogP contribution in [0.2, 0.25) is 4.34 Å². The smallest absolute Gasteiger partial charge is 0.221 e. The quantitative estimate of drug-likeness (QED) is 0.601. The third-order valence-electron chi connectivity index (χ3n) is 4.07. The van der Waals surface area contributed by atoms with Crippen LogP contribution in [0.1, 0.15) is 39.9 Å². The highest BCUT2D eigenvalue weighted by Gasteiger charge is 2.23. The first-order valence-electron chi connectivity index (χ1n) is 8.25. The Hall–Kier alpha value is -2.51. The van der Waals surface area contributed by atoms with Gasteiger partial charge in [0.1, 0.15) is 17.7 Å². The summed E-state index contributed by atoms with van der Waals surface area (Å²) in [5, 5.41) is 2.79. The van der Waals surface area contributed by atoms with Crippen LogP contribution in [0.25, 0.3) is 0 Å². The number of imidazole rings is 1. The molecule has 27 heavy (non-hydrogen) atoms. The van der Waals surface area contributed by atoms with Gasteiger partial charge in [-0.1, -0.05) is 29.8 Å². The van der Waals surface area contributed by atoms with Crippen LogP contribution in [0, 0.1) is 5.82 Å². The fourth-order valence-electron chi connectivity index (χ4n) is 2.69. The number of benzene rings is 1. The van der Waals surface area contributed by atoms with Crippen LogP contribution in [0.5, 0.6) is 0 Å². The Bertz CT molecular complexity index is 969. The normalized spacial score (nSPS) is 12.0. The summed E-state index contributed by atoms with van der Waals surface area (Å²) in [6.07, 6.45) is 3.34. The minimum absolute atomic E-state index is 0.0102. The molecule has 0 unspecified atom stereocenters. The lowest BCUT2D eigenvalue weighted by Crippen LogP contribution is -2.31. The number of aromatic nitrogens is 2. The summed E-state index contributed by atoms with van der Waals surface area (Å²) < 4.78 is 16.5. The van der Waals surface area contributed by atoms with Crippen molar-refractivity contribution in [2.75, 3.05) is 0 Å². The second-order valence-electron chi connectivity index (χ2n) is 5.95. The van der Waals surface area contributed by atoms with E-state index in [1.165, 1.54) is 17.4 Å². The predicted octanol–water partition coefficient (Wildman–Crippen LogP) is 4.14. The number of aryl methyl sites for hydroxylation is 1. The van der Waals surface area contributed by atoms with Crippen LogP contribution < -0.4 is 5.32 Å².